The van der Waals surface area contributed by atoms with Gasteiger partial charge in [-0.1, -0.05) is 5.21 Å². The van der Waals surface area contributed by atoms with E-state index in [0.717, 1.165) is 18.5 Å². The van der Waals surface area contributed by atoms with E-state index >= 15 is 0 Å². The van der Waals surface area contributed by atoms with Crippen molar-refractivity contribution in [2.75, 3.05) is 5.88 Å². The average molecular weight is 242 g/mol. The van der Waals surface area contributed by atoms with Crippen molar-refractivity contribution in [1.82, 2.24) is 35.2 Å². The quantitative estimate of drug-likeness (QED) is 0.690. The highest BCUT2D eigenvalue weighted by atomic mass is 35.5. The van der Waals surface area contributed by atoms with Crippen molar-refractivity contribution in [2.45, 2.75) is 19.4 Å². The van der Waals surface area contributed by atoms with Crippen LogP contribution in [-0.2, 0) is 20.0 Å². The maximum Gasteiger partial charge on any atom is 0.196 e. The predicted molar refractivity (Wildman–Crippen MR) is 57.0 cm³/mol. The van der Waals surface area contributed by atoms with E-state index in [4.69, 9.17) is 11.6 Å². The standard InChI is InChI=1S/C8H12ClN7/c1-15-12-8(11-13-15)6-16-5-7(10-14-16)3-2-4-9/h5H,2-4,6H2,1H3. The largest absolute Gasteiger partial charge is 0.244 e. The summed E-state index contributed by atoms with van der Waals surface area (Å²) in [5.74, 6) is 1.26. The highest BCUT2D eigenvalue weighted by molar-refractivity contribution is 6.17. The molecule has 0 fully saturated rings. The molecule has 0 unspecified atom stereocenters. The molecule has 0 radical (unpaired) electrons. The number of aromatic nitrogens is 7. The van der Waals surface area contributed by atoms with E-state index in [-0.39, 0.29) is 0 Å². The van der Waals surface area contributed by atoms with Gasteiger partial charge in [-0.25, -0.2) is 4.68 Å². The molecule has 86 valence electrons. The van der Waals surface area contributed by atoms with Gasteiger partial charge in [0.05, 0.1) is 12.7 Å². The smallest absolute Gasteiger partial charge is 0.196 e. The number of alkyl halides is 1. The molecule has 7 nitrogen and oxygen atoms in total. The van der Waals surface area contributed by atoms with Crippen LogP contribution in [0.1, 0.15) is 17.9 Å². The Morgan fingerprint density at radius 1 is 1.31 bits per heavy atom. The summed E-state index contributed by atoms with van der Waals surface area (Å²) in [7, 11) is 1.73. The first kappa shape index (κ1) is 11.0. The summed E-state index contributed by atoms with van der Waals surface area (Å²) >= 11 is 5.60. The molecular weight excluding hydrogens is 230 g/mol. The minimum atomic E-state index is 0.488. The summed E-state index contributed by atoms with van der Waals surface area (Å²) in [4.78, 5) is 1.42. The molecule has 2 rings (SSSR count). The number of rotatable bonds is 5. The van der Waals surface area contributed by atoms with Crippen molar-refractivity contribution < 1.29 is 0 Å². The zero-order chi connectivity index (χ0) is 11.4. The first-order valence-corrected chi connectivity index (χ1v) is 5.49. The molecule has 0 saturated heterocycles. The van der Waals surface area contributed by atoms with Gasteiger partial charge in [-0.15, -0.1) is 26.9 Å². The van der Waals surface area contributed by atoms with Crippen LogP contribution in [0.25, 0.3) is 0 Å². The fraction of sp³-hybridized carbons (Fsp3) is 0.625. The molecule has 0 bridgehead atoms. The maximum atomic E-state index is 5.60. The summed E-state index contributed by atoms with van der Waals surface area (Å²) in [5, 5.41) is 19.7. The normalized spacial score (nSPS) is 10.9. The SMILES string of the molecule is Cn1nnc(Cn2cc(CCCCl)nn2)n1. The van der Waals surface area contributed by atoms with Crippen LogP contribution in [0, 0.1) is 0 Å². The third-order valence-corrected chi connectivity index (χ3v) is 2.27. The van der Waals surface area contributed by atoms with Gasteiger partial charge in [0.15, 0.2) is 5.82 Å². The fourth-order valence-electron chi connectivity index (χ4n) is 1.31. The van der Waals surface area contributed by atoms with Gasteiger partial charge in [-0.3, -0.25) is 0 Å². The van der Waals surface area contributed by atoms with E-state index in [2.05, 4.69) is 25.7 Å². The van der Waals surface area contributed by atoms with Gasteiger partial charge in [0.1, 0.15) is 6.54 Å². The summed E-state index contributed by atoms with van der Waals surface area (Å²) in [6.07, 6.45) is 3.63. The Morgan fingerprint density at radius 2 is 2.19 bits per heavy atom. The van der Waals surface area contributed by atoms with E-state index in [1.807, 2.05) is 6.20 Å². The minimum absolute atomic E-state index is 0.488. The van der Waals surface area contributed by atoms with Gasteiger partial charge in [-0.05, 0) is 18.1 Å². The molecule has 2 aromatic heterocycles. The molecule has 0 aliphatic heterocycles. The number of nitrogens with zero attached hydrogens (tertiary/aromatic N) is 7. The van der Waals surface area contributed by atoms with Crippen LogP contribution in [-0.4, -0.2) is 41.1 Å². The van der Waals surface area contributed by atoms with Crippen LogP contribution in [0.4, 0.5) is 0 Å². The van der Waals surface area contributed by atoms with Crippen LogP contribution >= 0.6 is 11.6 Å². The highest BCUT2D eigenvalue weighted by Gasteiger charge is 2.04. The minimum Gasteiger partial charge on any atom is -0.244 e. The average Bonchev–Trinajstić information content (AvgIpc) is 2.86. The second kappa shape index (κ2) is 5.02. The van der Waals surface area contributed by atoms with Crippen LogP contribution in [0.5, 0.6) is 0 Å². The van der Waals surface area contributed by atoms with Gasteiger partial charge >= 0.3 is 0 Å². The molecule has 16 heavy (non-hydrogen) atoms. The fourth-order valence-corrected chi connectivity index (χ4v) is 1.44. The van der Waals surface area contributed by atoms with E-state index in [1.54, 1.807) is 11.7 Å². The molecule has 8 heteroatoms. The van der Waals surface area contributed by atoms with E-state index in [9.17, 15) is 0 Å². The molecule has 0 aliphatic rings. The van der Waals surface area contributed by atoms with Crippen molar-refractivity contribution in [2.24, 2.45) is 7.05 Å². The Morgan fingerprint density at radius 3 is 2.88 bits per heavy atom. The lowest BCUT2D eigenvalue weighted by Gasteiger charge is -1.92. The molecule has 0 atom stereocenters. The topological polar surface area (TPSA) is 74.3 Å². The lowest BCUT2D eigenvalue weighted by Crippen LogP contribution is -2.03. The van der Waals surface area contributed by atoms with Gasteiger partial charge in [0.2, 0.25) is 0 Å². The Kier molecular flexibility index (Phi) is 3.45. The van der Waals surface area contributed by atoms with Crippen molar-refractivity contribution in [1.29, 1.82) is 0 Å². The van der Waals surface area contributed by atoms with E-state index in [1.165, 1.54) is 4.80 Å². The van der Waals surface area contributed by atoms with E-state index in [0.29, 0.717) is 18.2 Å². The van der Waals surface area contributed by atoms with Gasteiger partial charge in [0, 0.05) is 12.1 Å². The monoisotopic (exact) mass is 241 g/mol. The number of halogens is 1. The lowest BCUT2D eigenvalue weighted by atomic mass is 10.3. The Labute approximate surface area is 97.4 Å². The molecule has 0 spiro atoms. The van der Waals surface area contributed by atoms with Crippen LogP contribution in [0.15, 0.2) is 6.20 Å². The van der Waals surface area contributed by atoms with E-state index < -0.39 is 0 Å². The molecule has 0 amide bonds. The number of aryl methyl sites for hydroxylation is 2. The molecule has 0 aromatic carbocycles. The molecule has 2 aromatic rings. The number of hydrogen-bond donors (Lipinski definition) is 0. The number of hydrogen-bond acceptors (Lipinski definition) is 5. The van der Waals surface area contributed by atoms with Gasteiger partial charge in [0.25, 0.3) is 0 Å². The molecule has 0 aliphatic carbocycles. The summed E-state index contributed by atoms with van der Waals surface area (Å²) in [6.45, 7) is 0.488. The molecule has 0 saturated carbocycles. The zero-order valence-corrected chi connectivity index (χ0v) is 9.67. The van der Waals surface area contributed by atoms with Crippen molar-refractivity contribution in [3.05, 3.63) is 17.7 Å². The second-order valence-electron chi connectivity index (χ2n) is 3.40. The first-order valence-electron chi connectivity index (χ1n) is 4.96. The maximum absolute atomic E-state index is 5.60. The molecule has 2 heterocycles. The predicted octanol–water partition coefficient (Wildman–Crippen LogP) is 0.0213. The first-order chi connectivity index (χ1) is 7.78. The van der Waals surface area contributed by atoms with Gasteiger partial charge < -0.3 is 0 Å². The Hall–Kier alpha value is -1.50. The van der Waals surface area contributed by atoms with Crippen LogP contribution < -0.4 is 0 Å². The second-order valence-corrected chi connectivity index (χ2v) is 3.77. The van der Waals surface area contributed by atoms with Crippen molar-refractivity contribution in [3.8, 4) is 0 Å². The summed E-state index contributed by atoms with van der Waals surface area (Å²) in [5.41, 5.74) is 0.935. The number of tetrazole rings is 1. The molecular formula is C8H12ClN7. The third kappa shape index (κ3) is 2.75. The van der Waals surface area contributed by atoms with Crippen LogP contribution in [0.3, 0.4) is 0 Å². The van der Waals surface area contributed by atoms with Crippen LogP contribution in [0.2, 0.25) is 0 Å². The lowest BCUT2D eigenvalue weighted by molar-refractivity contribution is 0.607. The Balaban J connectivity index is 1.97. The zero-order valence-electron chi connectivity index (χ0n) is 8.91. The molecule has 0 N–H and O–H groups in total. The van der Waals surface area contributed by atoms with Crippen molar-refractivity contribution >= 4 is 11.6 Å². The summed E-state index contributed by atoms with van der Waals surface area (Å²) in [6, 6.07) is 0. The Bertz CT molecular complexity index is 449. The van der Waals surface area contributed by atoms with Crippen molar-refractivity contribution in [3.63, 3.8) is 0 Å². The summed E-state index contributed by atoms with van der Waals surface area (Å²) < 4.78 is 1.70. The third-order valence-electron chi connectivity index (χ3n) is 2.01. The van der Waals surface area contributed by atoms with Gasteiger partial charge in [-0.2, -0.15) is 4.80 Å². The highest BCUT2D eigenvalue weighted by Crippen LogP contribution is 2.00.